The van der Waals surface area contributed by atoms with E-state index in [0.717, 1.165) is 12.1 Å². The molecule has 0 aliphatic carbocycles. The highest BCUT2D eigenvalue weighted by Gasteiger charge is 2.62. The van der Waals surface area contributed by atoms with E-state index in [-0.39, 0.29) is 22.1 Å². The zero-order chi connectivity index (χ0) is 25.5. The van der Waals surface area contributed by atoms with Gasteiger partial charge in [-0.25, -0.2) is 9.38 Å². The van der Waals surface area contributed by atoms with Crippen LogP contribution in [0, 0.1) is 17.1 Å². The van der Waals surface area contributed by atoms with Crippen molar-refractivity contribution in [3.8, 4) is 6.07 Å². The molecule has 2 aromatic rings. The van der Waals surface area contributed by atoms with Crippen molar-refractivity contribution in [2.75, 3.05) is 0 Å². The van der Waals surface area contributed by atoms with E-state index in [0.29, 0.717) is 0 Å². The minimum absolute atomic E-state index is 0.0371. The molecule has 1 saturated heterocycles. The number of amidine groups is 1. The van der Waals surface area contributed by atoms with E-state index < -0.39 is 51.1 Å². The predicted molar refractivity (Wildman–Crippen MR) is 119 cm³/mol. The van der Waals surface area contributed by atoms with Crippen molar-refractivity contribution in [3.05, 3.63) is 62.3 Å². The summed E-state index contributed by atoms with van der Waals surface area (Å²) in [5, 5.41) is 10.4. The second-order valence-electron chi connectivity index (χ2n) is 7.87. The molecule has 1 aliphatic heterocycles. The van der Waals surface area contributed by atoms with Crippen molar-refractivity contribution in [2.24, 2.45) is 4.99 Å². The molecule has 1 amide bonds. The Bertz CT molecular complexity index is 1200. The van der Waals surface area contributed by atoms with Crippen molar-refractivity contribution in [1.82, 2.24) is 10.8 Å². The maximum atomic E-state index is 14.1. The molecule has 6 nitrogen and oxygen atoms in total. The Hall–Kier alpha value is -2.58. The number of nitrogens with zero attached hydrogens (tertiary/aromatic N) is 2. The van der Waals surface area contributed by atoms with Crippen LogP contribution in [0.1, 0.15) is 36.2 Å². The summed E-state index contributed by atoms with van der Waals surface area (Å²) in [5.74, 6) is -1.97. The average Bonchev–Trinajstić information content (AvgIpc) is 3.18. The third-order valence-corrected chi connectivity index (χ3v) is 5.71. The summed E-state index contributed by atoms with van der Waals surface area (Å²) in [6, 6.07) is 7.43. The molecule has 0 aromatic heterocycles. The van der Waals surface area contributed by atoms with Crippen LogP contribution in [0.4, 0.5) is 23.2 Å². The second kappa shape index (κ2) is 9.23. The van der Waals surface area contributed by atoms with Gasteiger partial charge in [0.05, 0.1) is 38.8 Å². The molecule has 2 N–H and O–H groups in total. The first-order valence-electron chi connectivity index (χ1n) is 9.46. The van der Waals surface area contributed by atoms with Gasteiger partial charge in [0, 0.05) is 0 Å². The summed E-state index contributed by atoms with van der Waals surface area (Å²) in [6.07, 6.45) is -5.78. The fourth-order valence-corrected chi connectivity index (χ4v) is 3.77. The lowest BCUT2D eigenvalue weighted by Gasteiger charge is -2.29. The highest BCUT2D eigenvalue weighted by Crippen LogP contribution is 2.48. The van der Waals surface area contributed by atoms with Crippen LogP contribution in [0.25, 0.3) is 0 Å². The number of amides is 1. The molecular weight excluding hydrogens is 523 g/mol. The summed E-state index contributed by atoms with van der Waals surface area (Å²) in [4.78, 5) is 21.5. The molecule has 1 heterocycles. The molecule has 3 rings (SSSR count). The van der Waals surface area contributed by atoms with E-state index in [1.54, 1.807) is 0 Å². The fraction of sp³-hybridized carbons (Fsp3) is 0.286. The molecular formula is C21H15Cl3F4N4O2. The largest absolute Gasteiger partial charge is 0.424 e. The molecule has 13 heteroatoms. The quantitative estimate of drug-likeness (QED) is 0.358. The van der Waals surface area contributed by atoms with E-state index in [2.05, 4.69) is 15.8 Å². The Labute approximate surface area is 206 Å². The average molecular weight is 538 g/mol. The van der Waals surface area contributed by atoms with Crippen LogP contribution in [-0.4, -0.2) is 23.5 Å². The van der Waals surface area contributed by atoms with Crippen molar-refractivity contribution in [3.63, 3.8) is 0 Å². The van der Waals surface area contributed by atoms with Crippen molar-refractivity contribution in [2.45, 2.75) is 37.6 Å². The lowest BCUT2D eigenvalue weighted by atomic mass is 9.90. The van der Waals surface area contributed by atoms with E-state index >= 15 is 0 Å². The zero-order valence-corrected chi connectivity index (χ0v) is 19.7. The van der Waals surface area contributed by atoms with E-state index in [9.17, 15) is 22.4 Å². The lowest BCUT2D eigenvalue weighted by Crippen LogP contribution is -2.42. The van der Waals surface area contributed by atoms with Gasteiger partial charge in [0.1, 0.15) is 11.4 Å². The molecule has 2 aromatic carbocycles. The number of carbonyl (C=O) groups excluding carboxylic acids is 1. The van der Waals surface area contributed by atoms with Gasteiger partial charge in [-0.15, -0.1) is 0 Å². The Morgan fingerprint density at radius 2 is 1.79 bits per heavy atom. The minimum Gasteiger partial charge on any atom is -0.334 e. The fourth-order valence-electron chi connectivity index (χ4n) is 3.08. The second-order valence-corrected chi connectivity index (χ2v) is 9.09. The van der Waals surface area contributed by atoms with Gasteiger partial charge in [-0.05, 0) is 49.7 Å². The first kappa shape index (κ1) is 26.0. The van der Waals surface area contributed by atoms with Gasteiger partial charge in [0.15, 0.2) is 5.82 Å². The third kappa shape index (κ3) is 5.08. The van der Waals surface area contributed by atoms with Crippen LogP contribution in [0.2, 0.25) is 15.1 Å². The van der Waals surface area contributed by atoms with Gasteiger partial charge in [-0.2, -0.15) is 18.4 Å². The maximum absolute atomic E-state index is 14.1. The Morgan fingerprint density at radius 3 is 2.35 bits per heavy atom. The first-order valence-corrected chi connectivity index (χ1v) is 10.6. The van der Waals surface area contributed by atoms with Crippen molar-refractivity contribution < 1.29 is 27.2 Å². The number of aliphatic imine (C=N–C) groups is 1. The first-order chi connectivity index (χ1) is 15.7. The molecule has 1 atom stereocenters. The molecule has 1 aliphatic rings. The summed E-state index contributed by atoms with van der Waals surface area (Å²) < 4.78 is 56.0. The maximum Gasteiger partial charge on any atom is 0.424 e. The van der Waals surface area contributed by atoms with Crippen LogP contribution in [0.3, 0.4) is 0 Å². The van der Waals surface area contributed by atoms with E-state index in [1.165, 1.54) is 32.0 Å². The summed E-state index contributed by atoms with van der Waals surface area (Å²) >= 11 is 17.5. The standard InChI is InChI=1S/C21H15Cl3F4N4O2/c1-19(2,9-29)31-18(33)12-7-11(3-4-13(12)22)30-16-8-20(34-32-16,21(26,27)28)10-5-14(23)17(25)15(24)6-10/h3-7H,8H2,1-2H3,(H,30,32)(H,31,33). The van der Waals surface area contributed by atoms with Crippen molar-refractivity contribution >= 4 is 52.2 Å². The molecule has 1 fully saturated rings. The smallest absolute Gasteiger partial charge is 0.334 e. The summed E-state index contributed by atoms with van der Waals surface area (Å²) in [5.41, 5.74) is -2.47. The van der Waals surface area contributed by atoms with Gasteiger partial charge in [0.2, 0.25) is 5.60 Å². The summed E-state index contributed by atoms with van der Waals surface area (Å²) in [7, 11) is 0. The number of nitriles is 1. The topological polar surface area (TPSA) is 86.5 Å². The Balaban J connectivity index is 1.97. The van der Waals surface area contributed by atoms with Gasteiger partial charge in [0.25, 0.3) is 5.91 Å². The number of alkyl halides is 3. The van der Waals surface area contributed by atoms with Crippen molar-refractivity contribution in [1.29, 1.82) is 5.26 Å². The normalized spacial score (nSPS) is 19.6. The van der Waals surface area contributed by atoms with Gasteiger partial charge in [-0.3, -0.25) is 15.1 Å². The Morgan fingerprint density at radius 1 is 1.18 bits per heavy atom. The predicted octanol–water partition coefficient (Wildman–Crippen LogP) is 6.23. The number of hydroxylamine groups is 1. The molecule has 34 heavy (non-hydrogen) atoms. The molecule has 0 radical (unpaired) electrons. The van der Waals surface area contributed by atoms with Gasteiger partial charge in [-0.1, -0.05) is 34.8 Å². The minimum atomic E-state index is -4.96. The SMILES string of the molecule is CC(C)(C#N)NC(=O)c1cc(N=C2CC(c3cc(Cl)c(F)c(Cl)c3)(C(F)(F)F)ON2)ccc1Cl. The molecule has 0 spiro atoms. The number of benzene rings is 2. The third-order valence-electron chi connectivity index (χ3n) is 4.83. The monoisotopic (exact) mass is 536 g/mol. The molecule has 0 saturated carbocycles. The molecule has 180 valence electrons. The number of nitrogens with one attached hydrogen (secondary N) is 2. The number of carbonyl (C=O) groups is 1. The number of halogens is 7. The lowest BCUT2D eigenvalue weighted by molar-refractivity contribution is -0.282. The van der Waals surface area contributed by atoms with Crippen LogP contribution in [-0.2, 0) is 10.4 Å². The number of hydrogen-bond donors (Lipinski definition) is 2. The van der Waals surface area contributed by atoms with Crippen LogP contribution >= 0.6 is 34.8 Å². The highest BCUT2D eigenvalue weighted by molar-refractivity contribution is 6.35. The van der Waals surface area contributed by atoms with Crippen LogP contribution in [0.5, 0.6) is 0 Å². The van der Waals surface area contributed by atoms with Crippen LogP contribution in [0.15, 0.2) is 35.3 Å². The number of rotatable bonds is 4. The van der Waals surface area contributed by atoms with E-state index in [4.69, 9.17) is 44.9 Å². The van der Waals surface area contributed by atoms with E-state index in [1.807, 2.05) is 6.07 Å². The van der Waals surface area contributed by atoms with Gasteiger partial charge < -0.3 is 5.32 Å². The highest BCUT2D eigenvalue weighted by atomic mass is 35.5. The summed E-state index contributed by atoms with van der Waals surface area (Å²) in [6.45, 7) is 2.96. The Kier molecular flexibility index (Phi) is 7.06. The zero-order valence-electron chi connectivity index (χ0n) is 17.5. The molecule has 1 unspecified atom stereocenters. The molecule has 0 bridgehead atoms. The van der Waals surface area contributed by atoms with Crippen LogP contribution < -0.4 is 10.8 Å². The number of hydrogen-bond acceptors (Lipinski definition) is 4. The van der Waals surface area contributed by atoms with Gasteiger partial charge >= 0.3 is 6.18 Å².